The van der Waals surface area contributed by atoms with Gasteiger partial charge in [0.2, 0.25) is 0 Å². The van der Waals surface area contributed by atoms with E-state index >= 15 is 0 Å². The largest absolute Gasteiger partial charge is 0.383 e. The Labute approximate surface area is 164 Å². The molecule has 0 radical (unpaired) electrons. The molecule has 0 aliphatic heterocycles. The number of anilines is 1. The number of aryl methyl sites for hydroxylation is 2. The second-order valence-electron chi connectivity index (χ2n) is 7.66. The molecule has 3 aromatic rings. The minimum Gasteiger partial charge on any atom is -0.383 e. The normalized spacial score (nSPS) is 15.7. The number of fused-ring (bicyclic) bond motifs is 1. The number of nitrogens with two attached hydrogens (primary N) is 1. The van der Waals surface area contributed by atoms with Crippen molar-refractivity contribution in [2.75, 3.05) is 5.73 Å². The lowest BCUT2D eigenvalue weighted by atomic mass is 9.95. The molecule has 4 rings (SSSR count). The van der Waals surface area contributed by atoms with Crippen LogP contribution in [0.1, 0.15) is 61.9 Å². The van der Waals surface area contributed by atoms with Crippen molar-refractivity contribution >= 4 is 22.8 Å². The van der Waals surface area contributed by atoms with Crippen molar-refractivity contribution in [3.05, 3.63) is 40.8 Å². The first kappa shape index (κ1) is 18.6. The van der Waals surface area contributed by atoms with Crippen LogP contribution in [0.2, 0.25) is 0 Å². The fourth-order valence-corrected chi connectivity index (χ4v) is 4.20. The van der Waals surface area contributed by atoms with Gasteiger partial charge in [-0.3, -0.25) is 4.68 Å². The van der Waals surface area contributed by atoms with Crippen LogP contribution in [0.25, 0.3) is 28.5 Å². The highest BCUT2D eigenvalue weighted by atomic mass is 19.1. The molecule has 146 valence electrons. The van der Waals surface area contributed by atoms with E-state index in [1.807, 2.05) is 43.7 Å². The topological polar surface area (TPSA) is 69.6 Å². The van der Waals surface area contributed by atoms with Crippen LogP contribution in [0.4, 0.5) is 10.2 Å². The molecule has 5 nitrogen and oxygen atoms in total. The van der Waals surface area contributed by atoms with Gasteiger partial charge < -0.3 is 5.73 Å². The van der Waals surface area contributed by atoms with Crippen LogP contribution in [0.15, 0.2) is 18.2 Å². The Morgan fingerprint density at radius 1 is 1.14 bits per heavy atom. The zero-order valence-electron chi connectivity index (χ0n) is 16.7. The standard InChI is InChI=1S/C22H26FN5/c1-4-8-16-14(3)25-22(26-21(16)24)19-17-11-13(2)12-18(23)20(17)28(27-19)15-9-6-5-7-10-15/h4,8,11-12,15H,5-7,9-10H2,1-3H3,(H2,24,25,26)/b8-4-. The molecule has 0 unspecified atom stereocenters. The summed E-state index contributed by atoms with van der Waals surface area (Å²) in [4.78, 5) is 9.16. The lowest BCUT2D eigenvalue weighted by Crippen LogP contribution is -2.14. The molecule has 1 fully saturated rings. The Morgan fingerprint density at radius 2 is 1.89 bits per heavy atom. The molecule has 1 saturated carbocycles. The summed E-state index contributed by atoms with van der Waals surface area (Å²) < 4.78 is 16.8. The van der Waals surface area contributed by atoms with Gasteiger partial charge >= 0.3 is 0 Å². The minimum absolute atomic E-state index is 0.211. The summed E-state index contributed by atoms with van der Waals surface area (Å²) in [6.07, 6.45) is 9.38. The maximum atomic E-state index is 15.0. The molecule has 6 heteroatoms. The third-order valence-electron chi connectivity index (χ3n) is 5.53. The Bertz CT molecular complexity index is 1040. The lowest BCUT2D eigenvalue weighted by Gasteiger charge is -2.22. The fraction of sp³-hybridized carbons (Fsp3) is 0.409. The third kappa shape index (κ3) is 3.17. The van der Waals surface area contributed by atoms with Crippen LogP contribution >= 0.6 is 0 Å². The van der Waals surface area contributed by atoms with E-state index in [-0.39, 0.29) is 11.9 Å². The number of allylic oxidation sites excluding steroid dienone is 1. The van der Waals surface area contributed by atoms with E-state index in [9.17, 15) is 4.39 Å². The summed E-state index contributed by atoms with van der Waals surface area (Å²) >= 11 is 0. The van der Waals surface area contributed by atoms with Crippen molar-refractivity contribution in [3.8, 4) is 11.5 Å². The van der Waals surface area contributed by atoms with Gasteiger partial charge in [-0.25, -0.2) is 14.4 Å². The predicted octanol–water partition coefficient (Wildman–Crippen LogP) is 5.37. The third-order valence-corrected chi connectivity index (χ3v) is 5.53. The number of halogens is 1. The molecule has 1 aliphatic rings. The molecular formula is C22H26FN5. The molecule has 0 spiro atoms. The van der Waals surface area contributed by atoms with Gasteiger partial charge in [0.1, 0.15) is 22.8 Å². The van der Waals surface area contributed by atoms with E-state index in [4.69, 9.17) is 10.8 Å². The summed E-state index contributed by atoms with van der Waals surface area (Å²) in [7, 11) is 0. The van der Waals surface area contributed by atoms with E-state index in [0.29, 0.717) is 22.9 Å². The monoisotopic (exact) mass is 379 g/mol. The van der Waals surface area contributed by atoms with Crippen molar-refractivity contribution in [2.24, 2.45) is 0 Å². The van der Waals surface area contributed by atoms with E-state index in [2.05, 4.69) is 9.97 Å². The maximum absolute atomic E-state index is 15.0. The minimum atomic E-state index is -0.241. The number of benzene rings is 1. The summed E-state index contributed by atoms with van der Waals surface area (Å²) in [5.74, 6) is 0.622. The summed E-state index contributed by atoms with van der Waals surface area (Å²) in [6.45, 7) is 5.72. The zero-order valence-corrected chi connectivity index (χ0v) is 16.7. The van der Waals surface area contributed by atoms with Crippen LogP contribution in [-0.2, 0) is 0 Å². The van der Waals surface area contributed by atoms with Gasteiger partial charge in [0.25, 0.3) is 0 Å². The number of nitrogens with zero attached hydrogens (tertiary/aromatic N) is 4. The zero-order chi connectivity index (χ0) is 19.8. The molecule has 2 aromatic heterocycles. The van der Waals surface area contributed by atoms with Gasteiger partial charge in [-0.05, 0) is 51.3 Å². The maximum Gasteiger partial charge on any atom is 0.182 e. The molecule has 0 amide bonds. The van der Waals surface area contributed by atoms with Crippen LogP contribution < -0.4 is 5.73 Å². The highest BCUT2D eigenvalue weighted by Gasteiger charge is 2.25. The van der Waals surface area contributed by atoms with Gasteiger partial charge in [0, 0.05) is 10.9 Å². The number of aromatic nitrogens is 4. The van der Waals surface area contributed by atoms with Gasteiger partial charge in [-0.2, -0.15) is 5.10 Å². The van der Waals surface area contributed by atoms with E-state index in [1.54, 1.807) is 6.07 Å². The first-order valence-corrected chi connectivity index (χ1v) is 9.95. The average Bonchev–Trinajstić information content (AvgIpc) is 3.05. The molecule has 0 atom stereocenters. The summed E-state index contributed by atoms with van der Waals surface area (Å²) in [5, 5.41) is 5.57. The van der Waals surface area contributed by atoms with Gasteiger partial charge in [0.05, 0.1) is 11.7 Å². The van der Waals surface area contributed by atoms with Crippen molar-refractivity contribution in [2.45, 2.75) is 58.9 Å². The van der Waals surface area contributed by atoms with E-state index in [0.717, 1.165) is 47.9 Å². The molecule has 1 aliphatic carbocycles. The van der Waals surface area contributed by atoms with Crippen molar-refractivity contribution in [1.82, 2.24) is 19.7 Å². The summed E-state index contributed by atoms with van der Waals surface area (Å²) in [6, 6.07) is 3.75. The number of hydrogen-bond acceptors (Lipinski definition) is 4. The number of nitrogen functional groups attached to an aromatic ring is 1. The van der Waals surface area contributed by atoms with Gasteiger partial charge in [-0.15, -0.1) is 0 Å². The van der Waals surface area contributed by atoms with Gasteiger partial charge in [0.15, 0.2) is 5.82 Å². The van der Waals surface area contributed by atoms with Crippen molar-refractivity contribution < 1.29 is 4.39 Å². The predicted molar refractivity (Wildman–Crippen MR) is 111 cm³/mol. The van der Waals surface area contributed by atoms with Crippen LogP contribution in [0.3, 0.4) is 0 Å². The molecule has 28 heavy (non-hydrogen) atoms. The Kier molecular flexibility index (Phi) is 4.87. The molecule has 1 aromatic carbocycles. The van der Waals surface area contributed by atoms with Crippen LogP contribution in [-0.4, -0.2) is 19.7 Å². The Hall–Kier alpha value is -2.76. The number of rotatable bonds is 3. The smallest absolute Gasteiger partial charge is 0.182 e. The van der Waals surface area contributed by atoms with E-state index in [1.165, 1.54) is 6.42 Å². The SMILES string of the molecule is C/C=C\c1c(C)nc(-c2nn(C3CCCCC3)c3c(F)cc(C)cc23)nc1N. The first-order chi connectivity index (χ1) is 13.5. The highest BCUT2D eigenvalue weighted by molar-refractivity contribution is 5.93. The quantitative estimate of drug-likeness (QED) is 0.664. The molecule has 0 bridgehead atoms. The second kappa shape index (κ2) is 7.34. The van der Waals surface area contributed by atoms with Crippen molar-refractivity contribution in [1.29, 1.82) is 0 Å². The number of hydrogen-bond donors (Lipinski definition) is 1. The highest BCUT2D eigenvalue weighted by Crippen LogP contribution is 2.36. The Balaban J connectivity index is 1.95. The average molecular weight is 379 g/mol. The van der Waals surface area contributed by atoms with E-state index < -0.39 is 0 Å². The summed E-state index contributed by atoms with van der Waals surface area (Å²) in [5.41, 5.74) is 9.78. The van der Waals surface area contributed by atoms with Crippen LogP contribution in [0.5, 0.6) is 0 Å². The lowest BCUT2D eigenvalue weighted by molar-refractivity contribution is 0.335. The molecule has 2 heterocycles. The van der Waals surface area contributed by atoms with Crippen molar-refractivity contribution in [3.63, 3.8) is 0 Å². The molecule has 0 saturated heterocycles. The van der Waals surface area contributed by atoms with Gasteiger partial charge in [-0.1, -0.05) is 31.4 Å². The fourth-order valence-electron chi connectivity index (χ4n) is 4.20. The van der Waals surface area contributed by atoms with Crippen LogP contribution in [0, 0.1) is 19.7 Å². The first-order valence-electron chi connectivity index (χ1n) is 9.95. The second-order valence-corrected chi connectivity index (χ2v) is 7.66. The molecule has 2 N–H and O–H groups in total. The Morgan fingerprint density at radius 3 is 2.57 bits per heavy atom. The molecular weight excluding hydrogens is 353 g/mol.